The smallest absolute Gasteiger partial charge is 0.337 e. The summed E-state index contributed by atoms with van der Waals surface area (Å²) in [4.78, 5) is 23.7. The number of anilines is 1. The standard InChI is InChI=1S/C14H18N2O4/c1-2-15(10-5-3-4-6-10)13-9-11(16(19)20)7-8-12(13)14(17)18/h7-10H,2-6H2,1H3,(H,17,18). The highest BCUT2D eigenvalue weighted by Crippen LogP contribution is 2.32. The van der Waals surface area contributed by atoms with E-state index in [1.54, 1.807) is 0 Å². The van der Waals surface area contributed by atoms with Gasteiger partial charge < -0.3 is 10.0 Å². The van der Waals surface area contributed by atoms with Crippen LogP contribution in [0.5, 0.6) is 0 Å². The third kappa shape index (κ3) is 2.74. The molecule has 0 saturated heterocycles. The lowest BCUT2D eigenvalue weighted by molar-refractivity contribution is -0.384. The molecule has 0 spiro atoms. The Balaban J connectivity index is 2.46. The van der Waals surface area contributed by atoms with Gasteiger partial charge in [-0.15, -0.1) is 0 Å². The molecule has 1 fully saturated rings. The van der Waals surface area contributed by atoms with Gasteiger partial charge >= 0.3 is 5.97 Å². The maximum absolute atomic E-state index is 11.3. The number of hydrogen-bond donors (Lipinski definition) is 1. The summed E-state index contributed by atoms with van der Waals surface area (Å²) in [5, 5.41) is 20.2. The highest BCUT2D eigenvalue weighted by atomic mass is 16.6. The fraction of sp³-hybridized carbons (Fsp3) is 0.500. The number of nitro benzene ring substituents is 1. The molecule has 20 heavy (non-hydrogen) atoms. The first-order valence-corrected chi connectivity index (χ1v) is 6.83. The van der Waals surface area contributed by atoms with Crippen molar-refractivity contribution in [3.8, 4) is 0 Å². The molecule has 0 radical (unpaired) electrons. The van der Waals surface area contributed by atoms with E-state index in [2.05, 4.69) is 0 Å². The number of nitrogens with zero attached hydrogens (tertiary/aromatic N) is 2. The third-order valence-electron chi connectivity index (χ3n) is 3.84. The maximum Gasteiger partial charge on any atom is 0.337 e. The Morgan fingerprint density at radius 2 is 2.10 bits per heavy atom. The highest BCUT2D eigenvalue weighted by Gasteiger charge is 2.26. The Morgan fingerprint density at radius 1 is 1.45 bits per heavy atom. The summed E-state index contributed by atoms with van der Waals surface area (Å²) in [6.45, 7) is 2.59. The number of nitro groups is 1. The predicted molar refractivity (Wildman–Crippen MR) is 75.3 cm³/mol. The number of carboxylic acid groups (broad SMARTS) is 1. The molecule has 0 bridgehead atoms. The van der Waals surface area contributed by atoms with Gasteiger partial charge in [0.05, 0.1) is 16.2 Å². The first kappa shape index (κ1) is 14.3. The van der Waals surface area contributed by atoms with Crippen molar-refractivity contribution >= 4 is 17.3 Å². The molecular formula is C14H18N2O4. The van der Waals surface area contributed by atoms with Gasteiger partial charge in [-0.25, -0.2) is 4.79 Å². The lowest BCUT2D eigenvalue weighted by Crippen LogP contribution is -2.34. The minimum atomic E-state index is -1.05. The average molecular weight is 278 g/mol. The summed E-state index contributed by atoms with van der Waals surface area (Å²) in [6, 6.07) is 4.23. The molecule has 1 saturated carbocycles. The Bertz CT molecular complexity index is 524. The molecule has 1 aromatic rings. The SMILES string of the molecule is CCN(c1cc([N+](=O)[O-])ccc1C(=O)O)C1CCCC1. The van der Waals surface area contributed by atoms with E-state index in [0.717, 1.165) is 25.7 Å². The molecule has 1 N–H and O–H groups in total. The minimum Gasteiger partial charge on any atom is -0.478 e. The van der Waals surface area contributed by atoms with Crippen molar-refractivity contribution in [2.24, 2.45) is 0 Å². The van der Waals surface area contributed by atoms with Crippen LogP contribution in [0.3, 0.4) is 0 Å². The minimum absolute atomic E-state index is 0.0681. The maximum atomic E-state index is 11.3. The zero-order valence-corrected chi connectivity index (χ0v) is 11.4. The zero-order chi connectivity index (χ0) is 14.7. The van der Waals surface area contributed by atoms with Gasteiger partial charge in [0, 0.05) is 24.7 Å². The monoisotopic (exact) mass is 278 g/mol. The number of rotatable bonds is 5. The summed E-state index contributed by atoms with van der Waals surface area (Å²) in [7, 11) is 0. The van der Waals surface area contributed by atoms with Gasteiger partial charge in [-0.05, 0) is 25.8 Å². The number of carbonyl (C=O) groups is 1. The van der Waals surface area contributed by atoms with Crippen LogP contribution < -0.4 is 4.90 Å². The third-order valence-corrected chi connectivity index (χ3v) is 3.84. The van der Waals surface area contributed by atoms with E-state index >= 15 is 0 Å². The van der Waals surface area contributed by atoms with Gasteiger partial charge in [0.25, 0.3) is 5.69 Å². The second-order valence-electron chi connectivity index (χ2n) is 4.99. The van der Waals surface area contributed by atoms with Crippen molar-refractivity contribution in [1.29, 1.82) is 0 Å². The number of carboxylic acids is 1. The van der Waals surface area contributed by atoms with Crippen LogP contribution in [-0.2, 0) is 0 Å². The molecule has 2 rings (SSSR count). The van der Waals surface area contributed by atoms with Crippen molar-refractivity contribution in [1.82, 2.24) is 0 Å². The molecular weight excluding hydrogens is 260 g/mol. The Labute approximate surface area is 117 Å². The fourth-order valence-corrected chi connectivity index (χ4v) is 2.89. The molecule has 1 aliphatic carbocycles. The number of aromatic carboxylic acids is 1. The number of benzene rings is 1. The van der Waals surface area contributed by atoms with E-state index < -0.39 is 10.9 Å². The Morgan fingerprint density at radius 3 is 2.60 bits per heavy atom. The highest BCUT2D eigenvalue weighted by molar-refractivity contribution is 5.95. The number of non-ortho nitro benzene ring substituents is 1. The molecule has 0 aromatic heterocycles. The molecule has 0 aliphatic heterocycles. The van der Waals surface area contributed by atoms with Crippen LogP contribution in [0.1, 0.15) is 43.0 Å². The van der Waals surface area contributed by atoms with Crippen LogP contribution >= 0.6 is 0 Å². The number of hydrogen-bond acceptors (Lipinski definition) is 4. The summed E-state index contributed by atoms with van der Waals surface area (Å²) in [5.74, 6) is -1.05. The van der Waals surface area contributed by atoms with Crippen molar-refractivity contribution in [2.75, 3.05) is 11.4 Å². The van der Waals surface area contributed by atoms with Crippen LogP contribution in [0.25, 0.3) is 0 Å². The van der Waals surface area contributed by atoms with E-state index in [4.69, 9.17) is 0 Å². The topological polar surface area (TPSA) is 83.7 Å². The molecule has 0 heterocycles. The van der Waals surface area contributed by atoms with Gasteiger partial charge in [0.1, 0.15) is 0 Å². The van der Waals surface area contributed by atoms with E-state index in [-0.39, 0.29) is 17.3 Å². The van der Waals surface area contributed by atoms with Crippen molar-refractivity contribution in [3.05, 3.63) is 33.9 Å². The van der Waals surface area contributed by atoms with Gasteiger partial charge in [-0.2, -0.15) is 0 Å². The summed E-state index contributed by atoms with van der Waals surface area (Å²) in [5.41, 5.74) is 0.520. The van der Waals surface area contributed by atoms with Crippen LogP contribution in [0.15, 0.2) is 18.2 Å². The first-order valence-electron chi connectivity index (χ1n) is 6.83. The molecule has 1 aromatic carbocycles. The molecule has 6 nitrogen and oxygen atoms in total. The van der Waals surface area contributed by atoms with Crippen molar-refractivity contribution in [2.45, 2.75) is 38.6 Å². The Hall–Kier alpha value is -2.11. The Kier molecular flexibility index (Phi) is 4.22. The largest absolute Gasteiger partial charge is 0.478 e. The van der Waals surface area contributed by atoms with E-state index in [1.807, 2.05) is 11.8 Å². The van der Waals surface area contributed by atoms with Gasteiger partial charge in [0.2, 0.25) is 0 Å². The van der Waals surface area contributed by atoms with E-state index in [9.17, 15) is 20.0 Å². The van der Waals surface area contributed by atoms with Gasteiger partial charge in [-0.3, -0.25) is 10.1 Å². The van der Waals surface area contributed by atoms with E-state index in [0.29, 0.717) is 12.2 Å². The molecule has 1 aliphatic rings. The molecule has 0 unspecified atom stereocenters. The molecule has 6 heteroatoms. The predicted octanol–water partition coefficient (Wildman–Crippen LogP) is 3.06. The second kappa shape index (κ2) is 5.90. The first-order chi connectivity index (χ1) is 9.54. The average Bonchev–Trinajstić information content (AvgIpc) is 2.93. The van der Waals surface area contributed by atoms with Crippen LogP contribution in [0, 0.1) is 10.1 Å². The molecule has 0 amide bonds. The van der Waals surface area contributed by atoms with Crippen molar-refractivity contribution in [3.63, 3.8) is 0 Å². The quantitative estimate of drug-likeness (QED) is 0.661. The van der Waals surface area contributed by atoms with Crippen LogP contribution in [-0.4, -0.2) is 28.6 Å². The summed E-state index contributed by atoms with van der Waals surface area (Å²) < 4.78 is 0. The zero-order valence-electron chi connectivity index (χ0n) is 11.4. The lowest BCUT2D eigenvalue weighted by atomic mass is 10.1. The summed E-state index contributed by atoms with van der Waals surface area (Å²) in [6.07, 6.45) is 4.27. The van der Waals surface area contributed by atoms with Crippen molar-refractivity contribution < 1.29 is 14.8 Å². The summed E-state index contributed by atoms with van der Waals surface area (Å²) >= 11 is 0. The molecule has 108 valence electrons. The van der Waals surface area contributed by atoms with Crippen LogP contribution in [0.2, 0.25) is 0 Å². The van der Waals surface area contributed by atoms with Gasteiger partial charge in [-0.1, -0.05) is 12.8 Å². The second-order valence-corrected chi connectivity index (χ2v) is 4.99. The lowest BCUT2D eigenvalue weighted by Gasteiger charge is -2.30. The van der Waals surface area contributed by atoms with Crippen LogP contribution in [0.4, 0.5) is 11.4 Å². The van der Waals surface area contributed by atoms with E-state index in [1.165, 1.54) is 18.2 Å². The fourth-order valence-electron chi connectivity index (χ4n) is 2.89. The molecule has 0 atom stereocenters. The van der Waals surface area contributed by atoms with Gasteiger partial charge in [0.15, 0.2) is 0 Å². The normalized spacial score (nSPS) is 15.2.